The summed E-state index contributed by atoms with van der Waals surface area (Å²) in [6.07, 6.45) is 8.38. The lowest BCUT2D eigenvalue weighted by molar-refractivity contribution is -0.162. The van der Waals surface area contributed by atoms with E-state index in [0.717, 1.165) is 25.7 Å². The number of hydrogen-bond donors (Lipinski definition) is 0. The minimum absolute atomic E-state index is 0.194. The highest BCUT2D eigenvalue weighted by atomic mass is 16.5. The van der Waals surface area contributed by atoms with Gasteiger partial charge >= 0.3 is 5.97 Å². The number of ether oxygens (including phenoxy) is 1. The highest BCUT2D eigenvalue weighted by Crippen LogP contribution is 2.60. The van der Waals surface area contributed by atoms with Gasteiger partial charge in [0, 0.05) is 6.54 Å². The molecule has 1 aromatic carbocycles. The number of hydrogen-bond acceptors (Lipinski definition) is 4. The Labute approximate surface area is 165 Å². The van der Waals surface area contributed by atoms with Gasteiger partial charge in [0.25, 0.3) is 0 Å². The molecule has 0 N–H and O–H groups in total. The van der Waals surface area contributed by atoms with Gasteiger partial charge < -0.3 is 9.64 Å². The molecule has 1 saturated heterocycles. The van der Waals surface area contributed by atoms with E-state index in [4.69, 9.17) is 4.74 Å². The Morgan fingerprint density at radius 3 is 2.36 bits per heavy atom. The predicted molar refractivity (Wildman–Crippen MR) is 102 cm³/mol. The molecular formula is C23H26N2O3. The molecule has 1 heterocycles. The van der Waals surface area contributed by atoms with E-state index in [9.17, 15) is 14.9 Å². The topological polar surface area (TPSA) is 70.4 Å². The molecule has 6 rings (SSSR count). The first kappa shape index (κ1) is 17.7. The van der Waals surface area contributed by atoms with E-state index in [-0.39, 0.29) is 17.1 Å². The average Bonchev–Trinajstić information content (AvgIpc) is 3.16. The molecule has 0 unspecified atom stereocenters. The molecule has 0 radical (unpaired) electrons. The molecule has 4 aliphatic carbocycles. The lowest BCUT2D eigenvalue weighted by atomic mass is 9.49. The molecule has 0 aromatic heterocycles. The zero-order valence-corrected chi connectivity index (χ0v) is 16.1. The number of benzene rings is 1. The Morgan fingerprint density at radius 1 is 1.07 bits per heavy atom. The second-order valence-corrected chi connectivity index (χ2v) is 9.38. The summed E-state index contributed by atoms with van der Waals surface area (Å²) >= 11 is 0. The van der Waals surface area contributed by atoms with Crippen LogP contribution >= 0.6 is 0 Å². The molecule has 1 aromatic rings. The van der Waals surface area contributed by atoms with Crippen molar-refractivity contribution in [3.05, 3.63) is 29.8 Å². The normalized spacial score (nSPS) is 35.6. The van der Waals surface area contributed by atoms with Crippen molar-refractivity contribution in [1.82, 2.24) is 4.90 Å². The molecule has 0 spiro atoms. The fraction of sp³-hybridized carbons (Fsp3) is 0.609. The zero-order valence-electron chi connectivity index (χ0n) is 16.1. The van der Waals surface area contributed by atoms with Crippen LogP contribution in [0, 0.1) is 34.5 Å². The fourth-order valence-electron chi connectivity index (χ4n) is 6.76. The van der Waals surface area contributed by atoms with Crippen LogP contribution < -0.4 is 4.74 Å². The first-order chi connectivity index (χ1) is 13.6. The number of para-hydroxylation sites is 1. The Kier molecular flexibility index (Phi) is 4.19. The van der Waals surface area contributed by atoms with Gasteiger partial charge in [-0.2, -0.15) is 5.26 Å². The summed E-state index contributed by atoms with van der Waals surface area (Å²) in [6, 6.07) is 8.30. The highest BCUT2D eigenvalue weighted by Gasteiger charge is 2.57. The van der Waals surface area contributed by atoms with Crippen molar-refractivity contribution in [2.75, 3.05) is 6.54 Å². The summed E-state index contributed by atoms with van der Waals surface area (Å²) in [5.74, 6) is 2.17. The lowest BCUT2D eigenvalue weighted by Gasteiger charge is -2.56. The van der Waals surface area contributed by atoms with Crippen LogP contribution in [-0.2, 0) is 9.59 Å². The van der Waals surface area contributed by atoms with E-state index in [1.165, 1.54) is 19.3 Å². The lowest BCUT2D eigenvalue weighted by Crippen LogP contribution is -2.56. The van der Waals surface area contributed by atoms with E-state index >= 15 is 0 Å². The van der Waals surface area contributed by atoms with Gasteiger partial charge in [0.15, 0.2) is 0 Å². The zero-order chi connectivity index (χ0) is 19.3. The number of esters is 1. The number of amides is 1. The molecule has 5 nitrogen and oxygen atoms in total. The molecule has 146 valence electrons. The van der Waals surface area contributed by atoms with Crippen LogP contribution in [0.25, 0.3) is 0 Å². The summed E-state index contributed by atoms with van der Waals surface area (Å²) in [5, 5.41) is 9.23. The molecule has 1 atom stereocenters. The first-order valence-corrected chi connectivity index (χ1v) is 10.6. The van der Waals surface area contributed by atoms with Gasteiger partial charge in [0.1, 0.15) is 17.9 Å². The Bertz CT molecular complexity index is 820. The van der Waals surface area contributed by atoms with Crippen molar-refractivity contribution in [2.45, 2.75) is 57.4 Å². The minimum Gasteiger partial charge on any atom is -0.424 e. The van der Waals surface area contributed by atoms with Gasteiger partial charge in [-0.05, 0) is 81.3 Å². The molecular weight excluding hydrogens is 352 g/mol. The Hall–Kier alpha value is -2.35. The van der Waals surface area contributed by atoms with E-state index in [0.29, 0.717) is 36.3 Å². The van der Waals surface area contributed by atoms with Gasteiger partial charge in [-0.1, -0.05) is 12.1 Å². The first-order valence-electron chi connectivity index (χ1n) is 10.6. The molecule has 28 heavy (non-hydrogen) atoms. The molecule has 5 fully saturated rings. The number of nitriles is 1. The van der Waals surface area contributed by atoms with Crippen molar-refractivity contribution >= 4 is 11.9 Å². The Morgan fingerprint density at radius 2 is 1.71 bits per heavy atom. The van der Waals surface area contributed by atoms with Crippen LogP contribution in [0.15, 0.2) is 24.3 Å². The third-order valence-corrected chi connectivity index (χ3v) is 7.50. The molecule has 5 heteroatoms. The summed E-state index contributed by atoms with van der Waals surface area (Å²) in [4.78, 5) is 28.4. The van der Waals surface area contributed by atoms with Crippen LogP contribution in [0.2, 0.25) is 0 Å². The molecule has 1 aliphatic heterocycles. The van der Waals surface area contributed by atoms with Crippen molar-refractivity contribution < 1.29 is 14.3 Å². The van der Waals surface area contributed by atoms with Crippen molar-refractivity contribution in [1.29, 1.82) is 5.26 Å². The SMILES string of the molecule is N#Cc1ccccc1OC(=O)[C@@H]1CCCN1C(=O)C12CC3CC(CC(C3)C1)C2. The number of rotatable bonds is 3. The molecule has 5 aliphatic rings. The van der Waals surface area contributed by atoms with Gasteiger partial charge in [-0.25, -0.2) is 4.79 Å². The van der Waals surface area contributed by atoms with Crippen LogP contribution in [0.5, 0.6) is 5.75 Å². The smallest absolute Gasteiger partial charge is 0.334 e. The van der Waals surface area contributed by atoms with Crippen LogP contribution in [-0.4, -0.2) is 29.4 Å². The maximum Gasteiger partial charge on any atom is 0.334 e. The number of carbonyl (C=O) groups excluding carboxylic acids is 2. The second-order valence-electron chi connectivity index (χ2n) is 9.38. The van der Waals surface area contributed by atoms with Gasteiger partial charge in [0.05, 0.1) is 11.0 Å². The fourth-order valence-corrected chi connectivity index (χ4v) is 6.76. The number of nitrogens with zero attached hydrogens (tertiary/aromatic N) is 2. The van der Waals surface area contributed by atoms with E-state index in [1.54, 1.807) is 24.3 Å². The van der Waals surface area contributed by atoms with Crippen LogP contribution in [0.4, 0.5) is 0 Å². The third kappa shape index (κ3) is 2.82. The van der Waals surface area contributed by atoms with Crippen molar-refractivity contribution in [3.8, 4) is 11.8 Å². The van der Waals surface area contributed by atoms with Gasteiger partial charge in [-0.3, -0.25) is 4.79 Å². The maximum absolute atomic E-state index is 13.7. The molecule has 4 bridgehead atoms. The molecule has 4 saturated carbocycles. The summed E-state index contributed by atoms with van der Waals surface area (Å²) in [6.45, 7) is 0.639. The van der Waals surface area contributed by atoms with E-state index in [1.807, 2.05) is 4.90 Å². The van der Waals surface area contributed by atoms with Crippen LogP contribution in [0.3, 0.4) is 0 Å². The Balaban J connectivity index is 1.35. The van der Waals surface area contributed by atoms with Gasteiger partial charge in [0.2, 0.25) is 5.91 Å². The maximum atomic E-state index is 13.7. The monoisotopic (exact) mass is 378 g/mol. The number of likely N-dealkylation sites (tertiary alicyclic amines) is 1. The third-order valence-electron chi connectivity index (χ3n) is 7.50. The average molecular weight is 378 g/mol. The predicted octanol–water partition coefficient (Wildman–Crippen LogP) is 3.67. The van der Waals surface area contributed by atoms with E-state index < -0.39 is 12.0 Å². The van der Waals surface area contributed by atoms with E-state index in [2.05, 4.69) is 6.07 Å². The number of carbonyl (C=O) groups is 2. The standard InChI is InChI=1S/C23H26N2O3/c24-14-18-4-1-2-6-20(18)28-21(26)19-5-3-7-25(19)22(27)23-11-15-8-16(12-23)10-17(9-15)13-23/h1-2,4,6,15-17,19H,3,5,7-13H2/t15?,16?,17?,19-,23?/m0/s1. The van der Waals surface area contributed by atoms with Gasteiger partial charge in [-0.15, -0.1) is 0 Å². The quantitative estimate of drug-likeness (QED) is 0.594. The summed E-state index contributed by atoms with van der Waals surface area (Å²) in [5.41, 5.74) is 0.107. The summed E-state index contributed by atoms with van der Waals surface area (Å²) < 4.78 is 5.56. The molecule has 1 amide bonds. The van der Waals surface area contributed by atoms with Crippen molar-refractivity contribution in [3.63, 3.8) is 0 Å². The largest absolute Gasteiger partial charge is 0.424 e. The van der Waals surface area contributed by atoms with Crippen molar-refractivity contribution in [2.24, 2.45) is 23.2 Å². The highest BCUT2D eigenvalue weighted by molar-refractivity contribution is 5.89. The van der Waals surface area contributed by atoms with Crippen LogP contribution in [0.1, 0.15) is 56.9 Å². The summed E-state index contributed by atoms with van der Waals surface area (Å²) in [7, 11) is 0. The minimum atomic E-state index is -0.521. The second kappa shape index (κ2) is 6.62.